The highest BCUT2D eigenvalue weighted by atomic mass is 19.1. The molecule has 3 saturated heterocycles. The van der Waals surface area contributed by atoms with Crippen molar-refractivity contribution < 1.29 is 14.0 Å². The highest BCUT2D eigenvalue weighted by Gasteiger charge is 2.30. The van der Waals surface area contributed by atoms with Crippen LogP contribution in [0.5, 0.6) is 0 Å². The lowest BCUT2D eigenvalue weighted by Crippen LogP contribution is -2.46. The van der Waals surface area contributed by atoms with Crippen LogP contribution in [0.2, 0.25) is 0 Å². The minimum Gasteiger partial charge on any atom is -0.354 e. The molecule has 12 nitrogen and oxygen atoms in total. The Morgan fingerprint density at radius 3 is 2.62 bits per heavy atom. The quantitative estimate of drug-likeness (QED) is 0.193. The van der Waals surface area contributed by atoms with Crippen LogP contribution in [0.1, 0.15) is 48.9 Å². The molecule has 6 aromatic rings. The molecule has 266 valence electrons. The van der Waals surface area contributed by atoms with E-state index >= 15 is 0 Å². The molecule has 4 aromatic heterocycles. The molecule has 0 aliphatic carbocycles. The lowest BCUT2D eigenvalue weighted by Gasteiger charge is -2.34. The molecule has 7 heterocycles. The number of carbonyl (C=O) groups is 2. The number of halogens is 1. The van der Waals surface area contributed by atoms with E-state index in [1.165, 1.54) is 6.07 Å². The van der Waals surface area contributed by atoms with Crippen molar-refractivity contribution in [3.05, 3.63) is 102 Å². The zero-order chi connectivity index (χ0) is 35.9. The zero-order valence-corrected chi connectivity index (χ0v) is 29.0. The first-order valence-electron chi connectivity index (χ1n) is 18.1. The molecule has 3 fully saturated rings. The van der Waals surface area contributed by atoms with E-state index in [1.807, 2.05) is 69.9 Å². The number of aromatic nitrogens is 6. The summed E-state index contributed by atoms with van der Waals surface area (Å²) in [7, 11) is 0. The van der Waals surface area contributed by atoms with E-state index in [4.69, 9.17) is 10.1 Å². The number of amides is 2. The molecule has 0 bridgehead atoms. The molecule has 13 heteroatoms. The maximum atomic E-state index is 14.1. The number of pyridine rings is 1. The topological polar surface area (TPSA) is 117 Å². The van der Waals surface area contributed by atoms with Crippen LogP contribution in [0.4, 0.5) is 16.0 Å². The average Bonchev–Trinajstić information content (AvgIpc) is 3.94. The van der Waals surface area contributed by atoms with Gasteiger partial charge < -0.3 is 14.4 Å². The number of imidazole rings is 2. The van der Waals surface area contributed by atoms with Crippen molar-refractivity contribution in [1.29, 1.82) is 0 Å². The van der Waals surface area contributed by atoms with Gasteiger partial charge in [0.15, 0.2) is 5.65 Å². The summed E-state index contributed by atoms with van der Waals surface area (Å²) in [5.74, 6) is 7.61. The standard InChI is InChI=1S/C40H37FN10O2/c41-29-7-1-6-28(24-29)32-9-4-18-49(32)38-15-14-36-42-25-35(51(36)46-38)30-8-2-10-37(44-30)48-21-19-47(20-22-48)17-3-5-27-11-12-33-31(23-27)43-26-50(33)34-13-16-39(52)45-40(34)53/h1-2,6-8,10-12,14-15,23-26,32,34H,4,9,13,16-22H2,(H,45,52,53)/t32-,34?/m1/s1. The zero-order valence-electron chi connectivity index (χ0n) is 29.0. The molecule has 53 heavy (non-hydrogen) atoms. The van der Waals surface area contributed by atoms with Gasteiger partial charge in [-0.15, -0.1) is 5.10 Å². The molecule has 0 spiro atoms. The van der Waals surface area contributed by atoms with Crippen molar-refractivity contribution in [3.63, 3.8) is 0 Å². The summed E-state index contributed by atoms with van der Waals surface area (Å²) >= 11 is 0. The van der Waals surface area contributed by atoms with Gasteiger partial charge in [0.25, 0.3) is 0 Å². The molecule has 1 N–H and O–H groups in total. The van der Waals surface area contributed by atoms with E-state index in [-0.39, 0.29) is 23.7 Å². The molecular weight excluding hydrogens is 672 g/mol. The monoisotopic (exact) mass is 708 g/mol. The molecule has 3 aliphatic rings. The smallest absolute Gasteiger partial charge is 0.249 e. The fourth-order valence-electron chi connectivity index (χ4n) is 7.73. The van der Waals surface area contributed by atoms with Crippen molar-refractivity contribution in [2.24, 2.45) is 0 Å². The molecule has 2 aromatic carbocycles. The van der Waals surface area contributed by atoms with Crippen LogP contribution in [0.15, 0.2) is 85.3 Å². The summed E-state index contributed by atoms with van der Waals surface area (Å²) in [6, 6.07) is 22.4. The van der Waals surface area contributed by atoms with Gasteiger partial charge in [0.05, 0.1) is 41.8 Å². The minimum absolute atomic E-state index is 0.0717. The normalized spacial score (nSPS) is 19.5. The molecule has 0 radical (unpaired) electrons. The van der Waals surface area contributed by atoms with Crippen LogP contribution < -0.4 is 15.1 Å². The Hall–Kier alpha value is -6.13. The Labute approximate surface area is 305 Å². The van der Waals surface area contributed by atoms with Crippen molar-refractivity contribution in [2.75, 3.05) is 49.1 Å². The van der Waals surface area contributed by atoms with E-state index in [0.717, 1.165) is 96.4 Å². The Morgan fingerprint density at radius 1 is 0.868 bits per heavy atom. The summed E-state index contributed by atoms with van der Waals surface area (Å²) in [5.41, 5.74) is 5.81. The summed E-state index contributed by atoms with van der Waals surface area (Å²) in [5, 5.41) is 7.44. The summed E-state index contributed by atoms with van der Waals surface area (Å²) in [4.78, 5) is 45.0. The van der Waals surface area contributed by atoms with Crippen molar-refractivity contribution in [3.8, 4) is 23.2 Å². The number of fused-ring (bicyclic) bond motifs is 2. The number of anilines is 2. The second-order valence-corrected chi connectivity index (χ2v) is 13.8. The van der Waals surface area contributed by atoms with Gasteiger partial charge in [-0.3, -0.25) is 19.8 Å². The SMILES string of the molecule is O=C1CCC(n2cnc3cc(C#CCN4CCN(c5cccc(-c6cnc7ccc(N8CCC[C@@H]8c8cccc(F)c8)nn67)n5)CC4)ccc32)C(=O)N1. The van der Waals surface area contributed by atoms with Crippen molar-refractivity contribution >= 4 is 40.1 Å². The van der Waals surface area contributed by atoms with Gasteiger partial charge in [0.1, 0.15) is 29.2 Å². The third kappa shape index (κ3) is 6.46. The maximum absolute atomic E-state index is 14.1. The highest BCUT2D eigenvalue weighted by Crippen LogP contribution is 2.36. The number of imide groups is 1. The van der Waals surface area contributed by atoms with Crippen LogP contribution in [-0.2, 0) is 9.59 Å². The van der Waals surface area contributed by atoms with Gasteiger partial charge in [-0.25, -0.2) is 23.9 Å². The number of carbonyl (C=O) groups excluding carboxylic acids is 2. The summed E-state index contributed by atoms with van der Waals surface area (Å²) in [6.45, 7) is 4.88. The Kier molecular flexibility index (Phi) is 8.52. The van der Waals surface area contributed by atoms with Crippen LogP contribution in [-0.4, -0.2) is 85.1 Å². The fourth-order valence-corrected chi connectivity index (χ4v) is 7.73. The third-order valence-electron chi connectivity index (χ3n) is 10.5. The van der Waals surface area contributed by atoms with Gasteiger partial charge in [0, 0.05) is 44.7 Å². The Balaban J connectivity index is 0.847. The third-order valence-corrected chi connectivity index (χ3v) is 10.5. The largest absolute Gasteiger partial charge is 0.354 e. The van der Waals surface area contributed by atoms with Crippen LogP contribution >= 0.6 is 0 Å². The predicted octanol–water partition coefficient (Wildman–Crippen LogP) is 4.77. The first-order chi connectivity index (χ1) is 26.0. The first-order valence-corrected chi connectivity index (χ1v) is 18.1. The molecule has 0 saturated carbocycles. The number of nitrogens with zero attached hydrogens (tertiary/aromatic N) is 9. The van der Waals surface area contributed by atoms with E-state index in [0.29, 0.717) is 19.4 Å². The summed E-state index contributed by atoms with van der Waals surface area (Å²) in [6.07, 6.45) is 6.23. The number of piperazine rings is 1. The molecular formula is C40H37FN10O2. The molecule has 2 amide bonds. The van der Waals surface area contributed by atoms with Crippen LogP contribution in [0.3, 0.4) is 0 Å². The molecule has 3 aliphatic heterocycles. The van der Waals surface area contributed by atoms with Gasteiger partial charge in [-0.2, -0.15) is 0 Å². The number of nitrogens with one attached hydrogen (secondary N) is 1. The van der Waals surface area contributed by atoms with Crippen molar-refractivity contribution in [1.82, 2.24) is 39.3 Å². The van der Waals surface area contributed by atoms with Gasteiger partial charge in [-0.05, 0) is 79.4 Å². The Morgan fingerprint density at radius 2 is 1.75 bits per heavy atom. The fraction of sp³-hybridized carbons (Fsp3) is 0.300. The average molecular weight is 709 g/mol. The van der Waals surface area contributed by atoms with Gasteiger partial charge in [-0.1, -0.05) is 30.0 Å². The van der Waals surface area contributed by atoms with Gasteiger partial charge in [0.2, 0.25) is 11.8 Å². The lowest BCUT2D eigenvalue weighted by atomic mass is 10.0. The second kappa shape index (κ2) is 13.8. The second-order valence-electron chi connectivity index (χ2n) is 13.8. The Bertz CT molecular complexity index is 2420. The minimum atomic E-state index is -0.439. The maximum Gasteiger partial charge on any atom is 0.249 e. The predicted molar refractivity (Wildman–Crippen MR) is 199 cm³/mol. The van der Waals surface area contributed by atoms with E-state index < -0.39 is 6.04 Å². The summed E-state index contributed by atoms with van der Waals surface area (Å²) < 4.78 is 17.8. The number of hydrogen-bond acceptors (Lipinski definition) is 9. The van der Waals surface area contributed by atoms with E-state index in [1.54, 1.807) is 18.5 Å². The van der Waals surface area contributed by atoms with Crippen LogP contribution in [0.25, 0.3) is 28.1 Å². The number of hydrogen-bond donors (Lipinski definition) is 1. The number of benzene rings is 2. The first kappa shape index (κ1) is 32.8. The number of rotatable bonds is 6. The van der Waals surface area contributed by atoms with E-state index in [2.05, 4.69) is 41.8 Å². The van der Waals surface area contributed by atoms with E-state index in [9.17, 15) is 14.0 Å². The molecule has 2 atom stereocenters. The molecule has 9 rings (SSSR count). The van der Waals surface area contributed by atoms with Crippen molar-refractivity contribution in [2.45, 2.75) is 37.8 Å². The molecule has 1 unspecified atom stereocenters. The van der Waals surface area contributed by atoms with Gasteiger partial charge >= 0.3 is 0 Å². The highest BCUT2D eigenvalue weighted by molar-refractivity contribution is 6.00. The lowest BCUT2D eigenvalue weighted by molar-refractivity contribution is -0.135. The van der Waals surface area contributed by atoms with Crippen LogP contribution in [0, 0.1) is 17.7 Å². The number of piperidine rings is 1.